The van der Waals surface area contributed by atoms with Crippen molar-refractivity contribution in [3.05, 3.63) is 12.7 Å². The Bertz CT molecular complexity index is 313. The molecule has 18 heavy (non-hydrogen) atoms. The lowest BCUT2D eigenvalue weighted by Gasteiger charge is -2.36. The number of urea groups is 1. The first-order valence-electron chi connectivity index (χ1n) is 6.06. The molecule has 2 N–H and O–H groups in total. The molecule has 6 nitrogen and oxygen atoms in total. The van der Waals surface area contributed by atoms with E-state index in [0.717, 1.165) is 12.8 Å². The Morgan fingerprint density at radius 3 is 2.72 bits per heavy atom. The number of hydrogen-bond donors (Lipinski definition) is 2. The number of hydrogen-bond acceptors (Lipinski definition) is 3. The van der Waals surface area contributed by atoms with E-state index in [-0.39, 0.29) is 31.3 Å². The number of aliphatic carboxylic acids is 1. The summed E-state index contributed by atoms with van der Waals surface area (Å²) in [5, 5.41) is 11.5. The van der Waals surface area contributed by atoms with Gasteiger partial charge >= 0.3 is 12.0 Å². The molecule has 2 amide bonds. The molecular weight excluding hydrogens is 236 g/mol. The zero-order valence-electron chi connectivity index (χ0n) is 10.6. The van der Waals surface area contributed by atoms with Crippen LogP contribution in [0, 0.1) is 0 Å². The van der Waals surface area contributed by atoms with Gasteiger partial charge in [-0.15, -0.1) is 6.58 Å². The minimum Gasteiger partial charge on any atom is -0.480 e. The van der Waals surface area contributed by atoms with Crippen LogP contribution in [0.4, 0.5) is 4.79 Å². The van der Waals surface area contributed by atoms with E-state index in [9.17, 15) is 9.59 Å². The predicted octanol–water partition coefficient (Wildman–Crippen LogP) is 0.836. The fourth-order valence-corrected chi connectivity index (χ4v) is 1.86. The molecule has 1 aliphatic rings. The van der Waals surface area contributed by atoms with E-state index in [1.807, 2.05) is 6.92 Å². The van der Waals surface area contributed by atoms with Crippen LogP contribution in [0.1, 0.15) is 19.8 Å². The van der Waals surface area contributed by atoms with Crippen LogP contribution in [0.25, 0.3) is 0 Å². The van der Waals surface area contributed by atoms with Crippen LogP contribution in [0.15, 0.2) is 12.7 Å². The Morgan fingerprint density at radius 1 is 1.56 bits per heavy atom. The highest BCUT2D eigenvalue weighted by molar-refractivity contribution is 5.80. The lowest BCUT2D eigenvalue weighted by molar-refractivity contribution is -0.137. The van der Waals surface area contributed by atoms with Crippen molar-refractivity contribution >= 4 is 12.0 Å². The standard InChI is InChI=1S/C12H20N2O4/c1-3-5-14(8-11(15)16)12(17)13-9-6-10(7-9)18-4-2/h3,9-10H,1,4-8H2,2H3,(H,13,17)(H,15,16). The van der Waals surface area contributed by atoms with Crippen molar-refractivity contribution in [2.75, 3.05) is 19.7 Å². The van der Waals surface area contributed by atoms with E-state index >= 15 is 0 Å². The summed E-state index contributed by atoms with van der Waals surface area (Å²) < 4.78 is 5.39. The third-order valence-corrected chi connectivity index (χ3v) is 2.79. The van der Waals surface area contributed by atoms with Crippen molar-refractivity contribution < 1.29 is 19.4 Å². The Morgan fingerprint density at radius 2 is 2.22 bits per heavy atom. The number of rotatable bonds is 7. The van der Waals surface area contributed by atoms with Gasteiger partial charge in [-0.25, -0.2) is 4.79 Å². The molecule has 0 unspecified atom stereocenters. The first-order chi connectivity index (χ1) is 8.56. The van der Waals surface area contributed by atoms with Crippen molar-refractivity contribution in [3.8, 4) is 0 Å². The molecule has 0 aliphatic heterocycles. The largest absolute Gasteiger partial charge is 0.480 e. The fraction of sp³-hybridized carbons (Fsp3) is 0.667. The average molecular weight is 256 g/mol. The number of carboxylic acid groups (broad SMARTS) is 1. The summed E-state index contributed by atoms with van der Waals surface area (Å²) in [5.74, 6) is -1.03. The van der Waals surface area contributed by atoms with Crippen molar-refractivity contribution in [1.29, 1.82) is 0 Å². The molecule has 102 valence electrons. The second-order valence-corrected chi connectivity index (χ2v) is 4.26. The molecule has 0 radical (unpaired) electrons. The molecule has 1 fully saturated rings. The lowest BCUT2D eigenvalue weighted by Crippen LogP contribution is -2.52. The lowest BCUT2D eigenvalue weighted by atomic mass is 9.89. The zero-order valence-corrected chi connectivity index (χ0v) is 10.6. The average Bonchev–Trinajstić information content (AvgIpc) is 2.25. The van der Waals surface area contributed by atoms with Gasteiger partial charge in [-0.1, -0.05) is 6.08 Å². The molecule has 1 saturated carbocycles. The fourth-order valence-electron chi connectivity index (χ4n) is 1.86. The molecular formula is C12H20N2O4. The second kappa shape index (κ2) is 7.00. The van der Waals surface area contributed by atoms with Gasteiger partial charge in [-0.05, 0) is 19.8 Å². The first-order valence-corrected chi connectivity index (χ1v) is 6.06. The number of carbonyl (C=O) groups excluding carboxylic acids is 1. The van der Waals surface area contributed by atoms with Gasteiger partial charge in [0.25, 0.3) is 0 Å². The van der Waals surface area contributed by atoms with Gasteiger partial charge in [0.15, 0.2) is 0 Å². The van der Waals surface area contributed by atoms with E-state index in [0.29, 0.717) is 6.61 Å². The molecule has 1 aliphatic carbocycles. The highest BCUT2D eigenvalue weighted by Gasteiger charge is 2.31. The molecule has 0 heterocycles. The van der Waals surface area contributed by atoms with Crippen LogP contribution >= 0.6 is 0 Å². The maximum absolute atomic E-state index is 11.8. The highest BCUT2D eigenvalue weighted by Crippen LogP contribution is 2.23. The zero-order chi connectivity index (χ0) is 13.5. The summed E-state index contributed by atoms with van der Waals surface area (Å²) >= 11 is 0. The van der Waals surface area contributed by atoms with Crippen molar-refractivity contribution in [1.82, 2.24) is 10.2 Å². The number of carbonyl (C=O) groups is 2. The van der Waals surface area contributed by atoms with E-state index in [4.69, 9.17) is 9.84 Å². The molecule has 0 saturated heterocycles. The molecule has 6 heteroatoms. The molecule has 0 atom stereocenters. The van der Waals surface area contributed by atoms with Crippen LogP contribution in [0.2, 0.25) is 0 Å². The summed E-state index contributed by atoms with van der Waals surface area (Å²) in [6.45, 7) is 6.02. The Labute approximate surface area is 107 Å². The maximum atomic E-state index is 11.8. The normalized spacial score (nSPS) is 21.8. The minimum atomic E-state index is -1.03. The number of nitrogens with zero attached hydrogens (tertiary/aromatic N) is 1. The van der Waals surface area contributed by atoms with E-state index in [2.05, 4.69) is 11.9 Å². The number of amides is 2. The Kier molecular flexibility index (Phi) is 5.64. The molecule has 0 bridgehead atoms. The van der Waals surface area contributed by atoms with Crippen LogP contribution in [0.5, 0.6) is 0 Å². The van der Waals surface area contributed by atoms with Gasteiger partial charge in [0.1, 0.15) is 6.54 Å². The SMILES string of the molecule is C=CCN(CC(=O)O)C(=O)NC1CC(OCC)C1. The van der Waals surface area contributed by atoms with Crippen molar-refractivity contribution in [2.24, 2.45) is 0 Å². The third-order valence-electron chi connectivity index (χ3n) is 2.79. The molecule has 1 rings (SSSR count). The summed E-state index contributed by atoms with van der Waals surface area (Å²) in [5.41, 5.74) is 0. The first kappa shape index (κ1) is 14.5. The number of nitrogens with one attached hydrogen (secondary N) is 1. The summed E-state index contributed by atoms with van der Waals surface area (Å²) in [6, 6.07) is -0.285. The molecule has 0 aromatic rings. The molecule has 0 spiro atoms. The van der Waals surface area contributed by atoms with E-state index < -0.39 is 5.97 Å². The van der Waals surface area contributed by atoms with E-state index in [1.165, 1.54) is 11.0 Å². The van der Waals surface area contributed by atoms with Gasteiger partial charge in [-0.3, -0.25) is 4.79 Å². The van der Waals surface area contributed by atoms with E-state index in [1.54, 1.807) is 0 Å². The van der Waals surface area contributed by atoms with Crippen LogP contribution in [-0.4, -0.2) is 53.8 Å². The Balaban J connectivity index is 2.33. The van der Waals surface area contributed by atoms with Crippen LogP contribution in [0.3, 0.4) is 0 Å². The predicted molar refractivity (Wildman–Crippen MR) is 66.4 cm³/mol. The van der Waals surface area contributed by atoms with Gasteiger partial charge < -0.3 is 20.1 Å². The van der Waals surface area contributed by atoms with Gasteiger partial charge in [-0.2, -0.15) is 0 Å². The smallest absolute Gasteiger partial charge is 0.323 e. The van der Waals surface area contributed by atoms with Crippen molar-refractivity contribution in [2.45, 2.75) is 31.9 Å². The Hall–Kier alpha value is -1.56. The van der Waals surface area contributed by atoms with Crippen LogP contribution < -0.4 is 5.32 Å². The molecule has 0 aromatic heterocycles. The summed E-state index contributed by atoms with van der Waals surface area (Å²) in [7, 11) is 0. The minimum absolute atomic E-state index is 0.0789. The third kappa shape index (κ3) is 4.37. The number of carboxylic acids is 1. The molecule has 0 aromatic carbocycles. The van der Waals surface area contributed by atoms with Gasteiger partial charge in [0.2, 0.25) is 0 Å². The summed E-state index contributed by atoms with van der Waals surface area (Å²) in [6.07, 6.45) is 3.29. The maximum Gasteiger partial charge on any atom is 0.323 e. The number of ether oxygens (including phenoxy) is 1. The quantitative estimate of drug-likeness (QED) is 0.661. The highest BCUT2D eigenvalue weighted by atomic mass is 16.5. The van der Waals surface area contributed by atoms with Crippen LogP contribution in [-0.2, 0) is 9.53 Å². The second-order valence-electron chi connectivity index (χ2n) is 4.26. The van der Waals surface area contributed by atoms with Gasteiger partial charge in [0.05, 0.1) is 6.10 Å². The monoisotopic (exact) mass is 256 g/mol. The summed E-state index contributed by atoms with van der Waals surface area (Å²) in [4.78, 5) is 23.6. The topological polar surface area (TPSA) is 78.9 Å². The van der Waals surface area contributed by atoms with Crippen molar-refractivity contribution in [3.63, 3.8) is 0 Å². The van der Waals surface area contributed by atoms with Gasteiger partial charge in [0, 0.05) is 19.2 Å².